The molecule has 1 aromatic heterocycles. The van der Waals surface area contributed by atoms with Gasteiger partial charge in [-0.3, -0.25) is 19.7 Å². The highest BCUT2D eigenvalue weighted by molar-refractivity contribution is 6.13. The van der Waals surface area contributed by atoms with E-state index >= 15 is 0 Å². The van der Waals surface area contributed by atoms with Crippen LogP contribution in [0, 0.1) is 17.0 Å². The van der Waals surface area contributed by atoms with Crippen molar-refractivity contribution in [1.29, 1.82) is 0 Å². The van der Waals surface area contributed by atoms with Gasteiger partial charge in [-0.1, -0.05) is 29.8 Å². The lowest BCUT2D eigenvalue weighted by Crippen LogP contribution is -2.20. The molecular formula is C18H15N5O4. The van der Waals surface area contributed by atoms with Gasteiger partial charge in [-0.2, -0.15) is 0 Å². The van der Waals surface area contributed by atoms with E-state index in [0.29, 0.717) is 5.69 Å². The van der Waals surface area contributed by atoms with E-state index in [9.17, 15) is 19.7 Å². The molecule has 0 aliphatic rings. The number of carbonyl (C=O) groups excluding carboxylic acids is 2. The summed E-state index contributed by atoms with van der Waals surface area (Å²) in [5, 5.41) is 16.1. The molecule has 27 heavy (non-hydrogen) atoms. The molecule has 0 fully saturated rings. The third-order valence-electron chi connectivity index (χ3n) is 3.74. The molecule has 0 bridgehead atoms. The van der Waals surface area contributed by atoms with Crippen LogP contribution in [0.25, 0.3) is 0 Å². The number of nitro groups is 1. The molecular weight excluding hydrogens is 350 g/mol. The Labute approximate surface area is 153 Å². The van der Waals surface area contributed by atoms with E-state index < -0.39 is 16.7 Å². The number of anilines is 2. The highest BCUT2D eigenvalue weighted by Gasteiger charge is 2.23. The molecule has 1 heterocycles. The van der Waals surface area contributed by atoms with Crippen LogP contribution in [-0.4, -0.2) is 26.7 Å². The van der Waals surface area contributed by atoms with Crippen LogP contribution in [0.1, 0.15) is 26.5 Å². The molecule has 3 rings (SSSR count). The molecule has 136 valence electrons. The van der Waals surface area contributed by atoms with Gasteiger partial charge in [0, 0.05) is 11.8 Å². The van der Waals surface area contributed by atoms with Gasteiger partial charge in [0.05, 0.1) is 11.3 Å². The minimum Gasteiger partial charge on any atom is -0.340 e. The van der Waals surface area contributed by atoms with Gasteiger partial charge in [0.1, 0.15) is 11.4 Å². The summed E-state index contributed by atoms with van der Waals surface area (Å²) in [5.41, 5.74) is 1.14. The van der Waals surface area contributed by atoms with Gasteiger partial charge in [0.15, 0.2) is 5.69 Å². The minimum absolute atomic E-state index is 0.0204. The average Bonchev–Trinajstić information content (AvgIpc) is 3.14. The molecule has 0 saturated carbocycles. The van der Waals surface area contributed by atoms with Crippen molar-refractivity contribution in [3.63, 3.8) is 0 Å². The SMILES string of the molecule is Cc1ccc(NC(=O)c2nc[nH]c2C(=O)Nc2ccccc2[N+](=O)[O-])cc1. The summed E-state index contributed by atoms with van der Waals surface area (Å²) in [6.07, 6.45) is 1.21. The number of benzene rings is 2. The normalized spacial score (nSPS) is 10.3. The fraction of sp³-hybridized carbons (Fsp3) is 0.0556. The zero-order chi connectivity index (χ0) is 19.4. The van der Waals surface area contributed by atoms with E-state index in [-0.39, 0.29) is 22.8 Å². The monoisotopic (exact) mass is 365 g/mol. The van der Waals surface area contributed by atoms with E-state index in [1.54, 1.807) is 18.2 Å². The lowest BCUT2D eigenvalue weighted by atomic mass is 10.2. The van der Waals surface area contributed by atoms with Crippen LogP contribution in [-0.2, 0) is 0 Å². The summed E-state index contributed by atoms with van der Waals surface area (Å²) in [6, 6.07) is 12.8. The molecule has 9 nitrogen and oxygen atoms in total. The maximum Gasteiger partial charge on any atom is 0.292 e. The summed E-state index contributed by atoms with van der Waals surface area (Å²) in [5.74, 6) is -1.29. The molecule has 0 unspecified atom stereocenters. The van der Waals surface area contributed by atoms with Crippen molar-refractivity contribution in [2.24, 2.45) is 0 Å². The Hall–Kier alpha value is -4.01. The van der Waals surface area contributed by atoms with E-state index in [0.717, 1.165) is 5.56 Å². The Morgan fingerprint density at radius 3 is 2.44 bits per heavy atom. The topological polar surface area (TPSA) is 130 Å². The van der Waals surface area contributed by atoms with Crippen molar-refractivity contribution in [2.75, 3.05) is 10.6 Å². The van der Waals surface area contributed by atoms with Gasteiger partial charge in [-0.15, -0.1) is 0 Å². The molecule has 9 heteroatoms. The smallest absolute Gasteiger partial charge is 0.292 e. The number of aromatic amines is 1. The van der Waals surface area contributed by atoms with E-state index in [1.807, 2.05) is 19.1 Å². The van der Waals surface area contributed by atoms with Crippen molar-refractivity contribution >= 4 is 28.9 Å². The maximum absolute atomic E-state index is 12.5. The van der Waals surface area contributed by atoms with Gasteiger partial charge in [-0.25, -0.2) is 4.98 Å². The Morgan fingerprint density at radius 2 is 1.74 bits per heavy atom. The molecule has 0 saturated heterocycles. The number of nitrogens with one attached hydrogen (secondary N) is 3. The largest absolute Gasteiger partial charge is 0.340 e. The number of rotatable bonds is 5. The average molecular weight is 365 g/mol. The summed E-state index contributed by atoms with van der Waals surface area (Å²) in [4.78, 5) is 41.9. The number of aryl methyl sites for hydroxylation is 1. The molecule has 0 aliphatic heterocycles. The lowest BCUT2D eigenvalue weighted by molar-refractivity contribution is -0.383. The lowest BCUT2D eigenvalue weighted by Gasteiger charge is -2.07. The molecule has 0 aliphatic carbocycles. The van der Waals surface area contributed by atoms with Gasteiger partial charge in [-0.05, 0) is 25.1 Å². The first-order valence-electron chi connectivity index (χ1n) is 7.92. The number of H-pyrrole nitrogens is 1. The first-order chi connectivity index (χ1) is 13.0. The Balaban J connectivity index is 1.80. The van der Waals surface area contributed by atoms with E-state index in [1.165, 1.54) is 24.5 Å². The first-order valence-corrected chi connectivity index (χ1v) is 7.92. The van der Waals surface area contributed by atoms with Crippen LogP contribution in [0.4, 0.5) is 17.1 Å². The summed E-state index contributed by atoms with van der Waals surface area (Å²) >= 11 is 0. The van der Waals surface area contributed by atoms with Crippen LogP contribution in [0.15, 0.2) is 54.9 Å². The van der Waals surface area contributed by atoms with Crippen LogP contribution in [0.2, 0.25) is 0 Å². The second-order valence-corrected chi connectivity index (χ2v) is 5.67. The molecule has 3 aromatic rings. The predicted octanol–water partition coefficient (Wildman–Crippen LogP) is 3.13. The van der Waals surface area contributed by atoms with Crippen LogP contribution < -0.4 is 10.6 Å². The molecule has 0 radical (unpaired) electrons. The van der Waals surface area contributed by atoms with Crippen LogP contribution in [0.3, 0.4) is 0 Å². The second-order valence-electron chi connectivity index (χ2n) is 5.67. The number of aromatic nitrogens is 2. The Kier molecular flexibility index (Phi) is 4.93. The first kappa shape index (κ1) is 17.8. The number of amides is 2. The molecule has 2 amide bonds. The maximum atomic E-state index is 12.5. The van der Waals surface area contributed by atoms with Crippen molar-refractivity contribution in [3.05, 3.63) is 81.9 Å². The minimum atomic E-state index is -0.712. The number of carbonyl (C=O) groups is 2. The quantitative estimate of drug-likeness (QED) is 0.472. The fourth-order valence-electron chi connectivity index (χ4n) is 2.39. The molecule has 2 aromatic carbocycles. The zero-order valence-electron chi connectivity index (χ0n) is 14.2. The fourth-order valence-corrected chi connectivity index (χ4v) is 2.39. The number of imidazole rings is 1. The van der Waals surface area contributed by atoms with Crippen molar-refractivity contribution in [1.82, 2.24) is 9.97 Å². The Bertz CT molecular complexity index is 1010. The number of para-hydroxylation sites is 2. The number of nitrogens with zero attached hydrogens (tertiary/aromatic N) is 2. The highest BCUT2D eigenvalue weighted by Crippen LogP contribution is 2.24. The standard InChI is InChI=1S/C18H15N5O4/c1-11-6-8-12(9-7-11)21-17(24)15-16(20-10-19-15)18(25)22-13-4-2-3-5-14(13)23(26)27/h2-10H,1H3,(H,19,20)(H,21,24)(H,22,25). The van der Waals surface area contributed by atoms with Gasteiger partial charge >= 0.3 is 0 Å². The summed E-state index contributed by atoms with van der Waals surface area (Å²) in [6.45, 7) is 1.92. The number of hydrogen-bond donors (Lipinski definition) is 3. The van der Waals surface area contributed by atoms with Gasteiger partial charge in [0.2, 0.25) is 0 Å². The van der Waals surface area contributed by atoms with Crippen molar-refractivity contribution < 1.29 is 14.5 Å². The second kappa shape index (κ2) is 7.48. The van der Waals surface area contributed by atoms with E-state index in [2.05, 4.69) is 20.6 Å². The zero-order valence-corrected chi connectivity index (χ0v) is 14.2. The van der Waals surface area contributed by atoms with Crippen molar-refractivity contribution in [2.45, 2.75) is 6.92 Å². The third kappa shape index (κ3) is 3.98. The van der Waals surface area contributed by atoms with Gasteiger partial charge < -0.3 is 15.6 Å². The number of nitro benzene ring substituents is 1. The predicted molar refractivity (Wildman–Crippen MR) is 98.8 cm³/mol. The molecule has 3 N–H and O–H groups in total. The Morgan fingerprint density at radius 1 is 1.04 bits per heavy atom. The summed E-state index contributed by atoms with van der Waals surface area (Å²) in [7, 11) is 0. The number of hydrogen-bond acceptors (Lipinski definition) is 5. The van der Waals surface area contributed by atoms with Crippen molar-refractivity contribution in [3.8, 4) is 0 Å². The van der Waals surface area contributed by atoms with Crippen LogP contribution >= 0.6 is 0 Å². The van der Waals surface area contributed by atoms with Gasteiger partial charge in [0.25, 0.3) is 17.5 Å². The summed E-state index contributed by atoms with van der Waals surface area (Å²) < 4.78 is 0. The van der Waals surface area contributed by atoms with E-state index in [4.69, 9.17) is 0 Å². The molecule has 0 spiro atoms. The third-order valence-corrected chi connectivity index (χ3v) is 3.74. The highest BCUT2D eigenvalue weighted by atomic mass is 16.6. The molecule has 0 atom stereocenters. The van der Waals surface area contributed by atoms with Crippen LogP contribution in [0.5, 0.6) is 0 Å².